The van der Waals surface area contributed by atoms with E-state index in [4.69, 9.17) is 0 Å². The molecule has 0 unspecified atom stereocenters. The molecule has 1 amide bonds. The van der Waals surface area contributed by atoms with Crippen LogP contribution in [0.5, 0.6) is 0 Å². The first-order valence-corrected chi connectivity index (χ1v) is 8.03. The Balaban J connectivity index is 1.98. The van der Waals surface area contributed by atoms with Gasteiger partial charge in [-0.15, -0.1) is 0 Å². The van der Waals surface area contributed by atoms with Crippen LogP contribution in [-0.2, 0) is 4.79 Å². The predicted octanol–water partition coefficient (Wildman–Crippen LogP) is 2.96. The van der Waals surface area contributed by atoms with Crippen LogP contribution in [0.1, 0.15) is 32.6 Å². The molecule has 0 bridgehead atoms. The number of unbranched alkanes of at least 4 members (excludes halogenated alkanes) is 2. The summed E-state index contributed by atoms with van der Waals surface area (Å²) >= 11 is 0. The van der Waals surface area contributed by atoms with Gasteiger partial charge in [0.1, 0.15) is 0 Å². The van der Waals surface area contributed by atoms with E-state index in [1.807, 2.05) is 18.2 Å². The molecule has 0 spiro atoms. The maximum absolute atomic E-state index is 12.0. The van der Waals surface area contributed by atoms with Crippen molar-refractivity contribution in [1.82, 2.24) is 4.90 Å². The molecule has 1 aromatic carbocycles. The second kappa shape index (κ2) is 8.03. The summed E-state index contributed by atoms with van der Waals surface area (Å²) in [5.74, 6) is 0.130. The van der Waals surface area contributed by atoms with E-state index in [2.05, 4.69) is 35.2 Å². The molecule has 1 aliphatic heterocycles. The molecule has 2 rings (SSSR count). The molecule has 1 saturated heterocycles. The highest BCUT2D eigenvalue weighted by atomic mass is 16.1. The normalized spacial score (nSPS) is 16.0. The lowest BCUT2D eigenvalue weighted by Gasteiger charge is -2.35. The molecule has 0 radical (unpaired) electrons. The Kier molecular flexibility index (Phi) is 6.05. The third kappa shape index (κ3) is 4.74. The van der Waals surface area contributed by atoms with Gasteiger partial charge in [-0.05, 0) is 25.6 Å². The Bertz CT molecular complexity index is 453. The van der Waals surface area contributed by atoms with Crippen LogP contribution in [0.15, 0.2) is 24.3 Å². The number of nitrogens with zero attached hydrogens (tertiary/aromatic N) is 2. The van der Waals surface area contributed by atoms with Crippen molar-refractivity contribution in [3.8, 4) is 0 Å². The van der Waals surface area contributed by atoms with E-state index in [0.29, 0.717) is 6.42 Å². The molecule has 1 heterocycles. The van der Waals surface area contributed by atoms with Crippen LogP contribution in [0.4, 0.5) is 11.4 Å². The lowest BCUT2D eigenvalue weighted by Crippen LogP contribution is -2.44. The minimum absolute atomic E-state index is 0.130. The second-order valence-corrected chi connectivity index (χ2v) is 5.81. The molecule has 4 heteroatoms. The van der Waals surface area contributed by atoms with E-state index in [1.165, 1.54) is 0 Å². The van der Waals surface area contributed by atoms with E-state index in [9.17, 15) is 4.79 Å². The monoisotopic (exact) mass is 289 g/mol. The van der Waals surface area contributed by atoms with E-state index < -0.39 is 0 Å². The van der Waals surface area contributed by atoms with Gasteiger partial charge in [-0.25, -0.2) is 0 Å². The van der Waals surface area contributed by atoms with Gasteiger partial charge in [0, 0.05) is 32.6 Å². The van der Waals surface area contributed by atoms with Crippen LogP contribution in [0.25, 0.3) is 0 Å². The molecule has 4 nitrogen and oxygen atoms in total. The Morgan fingerprint density at radius 2 is 1.86 bits per heavy atom. The summed E-state index contributed by atoms with van der Waals surface area (Å²) in [6, 6.07) is 8.14. The quantitative estimate of drug-likeness (QED) is 0.818. The number of piperazine rings is 1. The Morgan fingerprint density at radius 1 is 1.14 bits per heavy atom. The average Bonchev–Trinajstić information content (AvgIpc) is 2.49. The van der Waals surface area contributed by atoms with Crippen molar-refractivity contribution in [2.75, 3.05) is 43.4 Å². The Morgan fingerprint density at radius 3 is 2.57 bits per heavy atom. The molecule has 1 aliphatic rings. The zero-order valence-corrected chi connectivity index (χ0v) is 13.3. The molecule has 1 aromatic rings. The second-order valence-electron chi connectivity index (χ2n) is 5.81. The van der Waals surface area contributed by atoms with E-state index in [-0.39, 0.29) is 5.91 Å². The third-order valence-electron chi connectivity index (χ3n) is 4.03. The van der Waals surface area contributed by atoms with Crippen molar-refractivity contribution in [2.45, 2.75) is 32.6 Å². The smallest absolute Gasteiger partial charge is 0.224 e. The third-order valence-corrected chi connectivity index (χ3v) is 4.03. The Labute approximate surface area is 128 Å². The van der Waals surface area contributed by atoms with Crippen LogP contribution in [0.3, 0.4) is 0 Å². The van der Waals surface area contributed by atoms with E-state index in [0.717, 1.165) is 56.8 Å². The molecular formula is C17H27N3O. The topological polar surface area (TPSA) is 35.6 Å². The highest BCUT2D eigenvalue weighted by Gasteiger charge is 2.17. The van der Waals surface area contributed by atoms with Crippen LogP contribution in [0, 0.1) is 0 Å². The summed E-state index contributed by atoms with van der Waals surface area (Å²) in [7, 11) is 2.15. The van der Waals surface area contributed by atoms with Crippen molar-refractivity contribution in [3.63, 3.8) is 0 Å². The van der Waals surface area contributed by atoms with Crippen molar-refractivity contribution in [3.05, 3.63) is 24.3 Å². The van der Waals surface area contributed by atoms with Crippen molar-refractivity contribution in [2.24, 2.45) is 0 Å². The zero-order chi connectivity index (χ0) is 15.1. The van der Waals surface area contributed by atoms with Crippen molar-refractivity contribution < 1.29 is 4.79 Å². The molecule has 21 heavy (non-hydrogen) atoms. The lowest BCUT2D eigenvalue weighted by molar-refractivity contribution is -0.116. The van der Waals surface area contributed by atoms with E-state index >= 15 is 0 Å². The van der Waals surface area contributed by atoms with Gasteiger partial charge in [-0.1, -0.05) is 31.9 Å². The number of rotatable bonds is 6. The van der Waals surface area contributed by atoms with Gasteiger partial charge in [0.15, 0.2) is 0 Å². The fraction of sp³-hybridized carbons (Fsp3) is 0.588. The van der Waals surface area contributed by atoms with E-state index in [1.54, 1.807) is 0 Å². The minimum atomic E-state index is 0.130. The first-order valence-electron chi connectivity index (χ1n) is 8.03. The zero-order valence-electron chi connectivity index (χ0n) is 13.3. The number of benzene rings is 1. The summed E-state index contributed by atoms with van der Waals surface area (Å²) in [4.78, 5) is 16.7. The van der Waals surface area contributed by atoms with Crippen LogP contribution < -0.4 is 10.2 Å². The van der Waals surface area contributed by atoms with Crippen LogP contribution in [0.2, 0.25) is 0 Å². The van der Waals surface area contributed by atoms with Crippen molar-refractivity contribution >= 4 is 17.3 Å². The maximum atomic E-state index is 12.0. The van der Waals surface area contributed by atoms with Crippen molar-refractivity contribution in [1.29, 1.82) is 0 Å². The Hall–Kier alpha value is -1.55. The summed E-state index contributed by atoms with van der Waals surface area (Å²) in [5, 5.41) is 3.08. The molecule has 1 N–H and O–H groups in total. The number of likely N-dealkylation sites (N-methyl/N-ethyl adjacent to an activating group) is 1. The van der Waals surface area contributed by atoms with Gasteiger partial charge in [0.25, 0.3) is 0 Å². The standard InChI is InChI=1S/C17H27N3O/c1-3-4-5-10-17(21)18-15-8-6-7-9-16(15)20-13-11-19(2)12-14-20/h6-9H,3-5,10-14H2,1-2H3,(H,18,21). The average molecular weight is 289 g/mol. The van der Waals surface area contributed by atoms with Gasteiger partial charge in [-0.2, -0.15) is 0 Å². The van der Waals surface area contributed by atoms with Gasteiger partial charge < -0.3 is 15.1 Å². The van der Waals surface area contributed by atoms with Crippen LogP contribution in [-0.4, -0.2) is 44.0 Å². The summed E-state index contributed by atoms with van der Waals surface area (Å²) in [6.45, 7) is 6.32. The highest BCUT2D eigenvalue weighted by molar-refractivity contribution is 5.94. The number of anilines is 2. The summed E-state index contributed by atoms with van der Waals surface area (Å²) in [6.07, 6.45) is 3.85. The fourth-order valence-electron chi connectivity index (χ4n) is 2.65. The predicted molar refractivity (Wildman–Crippen MR) is 88.9 cm³/mol. The molecule has 0 saturated carbocycles. The number of hydrogen-bond donors (Lipinski definition) is 1. The number of carbonyl (C=O) groups is 1. The molecular weight excluding hydrogens is 262 g/mol. The summed E-state index contributed by atoms with van der Waals surface area (Å²) < 4.78 is 0. The van der Waals surface area contributed by atoms with Crippen LogP contribution >= 0.6 is 0 Å². The molecule has 0 atom stereocenters. The molecule has 0 aliphatic carbocycles. The molecule has 1 fully saturated rings. The van der Waals surface area contributed by atoms with Gasteiger partial charge in [0.05, 0.1) is 11.4 Å². The first-order chi connectivity index (χ1) is 10.2. The largest absolute Gasteiger partial charge is 0.367 e. The van der Waals surface area contributed by atoms with Gasteiger partial charge in [-0.3, -0.25) is 4.79 Å². The van der Waals surface area contributed by atoms with Gasteiger partial charge in [0.2, 0.25) is 5.91 Å². The molecule has 116 valence electrons. The number of para-hydroxylation sites is 2. The first kappa shape index (κ1) is 15.8. The number of amides is 1. The number of hydrogen-bond acceptors (Lipinski definition) is 3. The number of nitrogens with one attached hydrogen (secondary N) is 1. The lowest BCUT2D eigenvalue weighted by atomic mass is 10.2. The highest BCUT2D eigenvalue weighted by Crippen LogP contribution is 2.26. The summed E-state index contributed by atoms with van der Waals surface area (Å²) in [5.41, 5.74) is 2.10. The van der Waals surface area contributed by atoms with Gasteiger partial charge >= 0.3 is 0 Å². The fourth-order valence-corrected chi connectivity index (χ4v) is 2.65. The number of carbonyl (C=O) groups excluding carboxylic acids is 1. The molecule has 0 aromatic heterocycles. The minimum Gasteiger partial charge on any atom is -0.367 e. The maximum Gasteiger partial charge on any atom is 0.224 e. The SMILES string of the molecule is CCCCCC(=O)Nc1ccccc1N1CCN(C)CC1.